The lowest BCUT2D eigenvalue weighted by Crippen LogP contribution is -2.49. The normalized spacial score (nSPS) is 22.1. The van der Waals surface area contributed by atoms with Crippen LogP contribution in [0, 0.1) is 11.3 Å². The number of hydrogen-bond donors (Lipinski definition) is 2. The van der Waals surface area contributed by atoms with E-state index in [0.29, 0.717) is 11.1 Å². The second-order valence-electron chi connectivity index (χ2n) is 5.94. The Morgan fingerprint density at radius 3 is 2.74 bits per heavy atom. The molecule has 5 nitrogen and oxygen atoms in total. The molecule has 0 aliphatic carbocycles. The van der Waals surface area contributed by atoms with Crippen LogP contribution >= 0.6 is 0 Å². The average molecular weight is 304 g/mol. The highest BCUT2D eigenvalue weighted by atomic mass is 16.2. The van der Waals surface area contributed by atoms with Gasteiger partial charge in [0, 0.05) is 12.6 Å². The number of nitrogens with zero attached hydrogens (tertiary/aromatic N) is 2. The van der Waals surface area contributed by atoms with E-state index in [1.807, 2.05) is 30.3 Å². The van der Waals surface area contributed by atoms with Gasteiger partial charge >= 0.3 is 0 Å². The van der Waals surface area contributed by atoms with Gasteiger partial charge in [-0.2, -0.15) is 5.26 Å². The Morgan fingerprint density at radius 2 is 2.00 bits per heavy atom. The van der Waals surface area contributed by atoms with E-state index in [-0.39, 0.29) is 18.1 Å². The lowest BCUT2D eigenvalue weighted by Gasteiger charge is -2.44. The van der Waals surface area contributed by atoms with Gasteiger partial charge in [0.15, 0.2) is 0 Å². The Kier molecular flexibility index (Phi) is 3.07. The van der Waals surface area contributed by atoms with Gasteiger partial charge in [0.25, 0.3) is 5.91 Å². The zero-order chi connectivity index (χ0) is 16.0. The van der Waals surface area contributed by atoms with Gasteiger partial charge in [-0.15, -0.1) is 0 Å². The first kappa shape index (κ1) is 13.8. The van der Waals surface area contributed by atoms with Crippen molar-refractivity contribution < 1.29 is 4.79 Å². The number of hydrogen-bond acceptors (Lipinski definition) is 4. The third-order valence-corrected chi connectivity index (χ3v) is 4.61. The molecule has 0 saturated carbocycles. The van der Waals surface area contributed by atoms with E-state index in [9.17, 15) is 4.79 Å². The molecule has 3 N–H and O–H groups in total. The largest absolute Gasteiger partial charge is 0.346 e. The van der Waals surface area contributed by atoms with E-state index < -0.39 is 0 Å². The number of carbonyl (C=O) groups is 1. The molecule has 0 unspecified atom stereocenters. The Morgan fingerprint density at radius 1 is 1.22 bits per heavy atom. The number of nitrogens with one attached hydrogen (secondary N) is 1. The lowest BCUT2D eigenvalue weighted by atomic mass is 9.90. The molecule has 2 aromatic carbocycles. The maximum Gasteiger partial charge on any atom is 0.255 e. The molecule has 2 heterocycles. The van der Waals surface area contributed by atoms with Crippen molar-refractivity contribution in [1.82, 2.24) is 5.32 Å². The molecular weight excluding hydrogens is 288 g/mol. The van der Waals surface area contributed by atoms with Crippen molar-refractivity contribution >= 4 is 11.6 Å². The molecule has 2 aromatic rings. The Hall–Kier alpha value is -2.84. The van der Waals surface area contributed by atoms with E-state index >= 15 is 0 Å². The summed E-state index contributed by atoms with van der Waals surface area (Å²) in [5, 5.41) is 12.0. The molecule has 0 aromatic heterocycles. The summed E-state index contributed by atoms with van der Waals surface area (Å²) in [5.74, 6) is -0.0819. The Balaban J connectivity index is 1.82. The van der Waals surface area contributed by atoms with Crippen molar-refractivity contribution in [3.8, 4) is 6.07 Å². The molecular formula is C18H16N4O. The third kappa shape index (κ3) is 2.07. The fourth-order valence-electron chi connectivity index (χ4n) is 3.45. The van der Waals surface area contributed by atoms with Gasteiger partial charge in [-0.25, -0.2) is 0 Å². The summed E-state index contributed by atoms with van der Waals surface area (Å²) in [4.78, 5) is 14.7. The van der Waals surface area contributed by atoms with Crippen LogP contribution in [0.1, 0.15) is 45.7 Å². The van der Waals surface area contributed by atoms with Gasteiger partial charge in [-0.3, -0.25) is 4.79 Å². The topological polar surface area (TPSA) is 82.2 Å². The molecule has 4 rings (SSSR count). The van der Waals surface area contributed by atoms with Crippen molar-refractivity contribution in [3.63, 3.8) is 0 Å². The summed E-state index contributed by atoms with van der Waals surface area (Å²) < 4.78 is 0. The highest BCUT2D eigenvalue weighted by molar-refractivity contribution is 6.03. The lowest BCUT2D eigenvalue weighted by molar-refractivity contribution is 0.0925. The van der Waals surface area contributed by atoms with Gasteiger partial charge in [-0.1, -0.05) is 24.3 Å². The smallest absolute Gasteiger partial charge is 0.255 e. The zero-order valence-electron chi connectivity index (χ0n) is 12.5. The van der Waals surface area contributed by atoms with Gasteiger partial charge < -0.3 is 16.0 Å². The van der Waals surface area contributed by atoms with Crippen LogP contribution in [0.5, 0.6) is 0 Å². The zero-order valence-corrected chi connectivity index (χ0v) is 12.5. The van der Waals surface area contributed by atoms with Crippen LogP contribution in [0.3, 0.4) is 0 Å². The number of carbonyl (C=O) groups excluding carboxylic acids is 1. The first-order chi connectivity index (χ1) is 11.2. The summed E-state index contributed by atoms with van der Waals surface area (Å²) in [5.41, 5.74) is 10.5. The third-order valence-electron chi connectivity index (χ3n) is 4.61. The number of nitrogens with two attached hydrogens (primary N) is 1. The molecule has 2 aliphatic heterocycles. The van der Waals surface area contributed by atoms with Crippen LogP contribution in [0.4, 0.5) is 5.69 Å². The maximum atomic E-state index is 12.5. The second-order valence-corrected chi connectivity index (χ2v) is 5.94. The highest BCUT2D eigenvalue weighted by Crippen LogP contribution is 2.41. The molecule has 0 saturated heterocycles. The van der Waals surface area contributed by atoms with Crippen molar-refractivity contribution in [2.45, 2.75) is 18.6 Å². The average Bonchev–Trinajstić information content (AvgIpc) is 2.60. The van der Waals surface area contributed by atoms with E-state index in [0.717, 1.165) is 29.8 Å². The molecule has 0 radical (unpaired) electrons. The van der Waals surface area contributed by atoms with Crippen molar-refractivity contribution in [3.05, 3.63) is 64.7 Å². The highest BCUT2D eigenvalue weighted by Gasteiger charge is 2.36. The number of nitriles is 1. The molecule has 1 amide bonds. The van der Waals surface area contributed by atoms with Crippen molar-refractivity contribution in [1.29, 1.82) is 5.26 Å². The summed E-state index contributed by atoms with van der Waals surface area (Å²) in [6.45, 7) is 0.788. The van der Waals surface area contributed by atoms with Gasteiger partial charge in [0.1, 0.15) is 6.17 Å². The molecule has 0 bridgehead atoms. The van der Waals surface area contributed by atoms with Crippen molar-refractivity contribution in [2.75, 3.05) is 11.4 Å². The summed E-state index contributed by atoms with van der Waals surface area (Å²) >= 11 is 0. The predicted octanol–water partition coefficient (Wildman–Crippen LogP) is 2.21. The van der Waals surface area contributed by atoms with E-state index in [1.54, 1.807) is 12.1 Å². The first-order valence-electron chi connectivity index (χ1n) is 7.65. The Bertz CT molecular complexity index is 822. The van der Waals surface area contributed by atoms with Crippen LogP contribution in [0.15, 0.2) is 42.5 Å². The van der Waals surface area contributed by atoms with Gasteiger partial charge in [-0.05, 0) is 35.7 Å². The standard InChI is InChI=1S/C18H16N4O/c19-10-11-4-6-12(7-5-11)17-21-18(23)14-3-1-2-13-15(20)8-9-22(17)16(13)14/h1-7,15,17H,8-9,20H2,(H,21,23)/t15-,17+/m1/s1. The SMILES string of the molecule is N#Cc1ccc([C@H]2NC(=O)c3cccc4c3N2CC[C@H]4N)cc1. The number of para-hydroxylation sites is 1. The molecule has 2 atom stereocenters. The van der Waals surface area contributed by atoms with Gasteiger partial charge in [0.05, 0.1) is 22.9 Å². The minimum absolute atomic E-state index is 0.0336. The minimum atomic E-state index is -0.226. The molecule has 0 fully saturated rings. The van der Waals surface area contributed by atoms with Crippen molar-refractivity contribution in [2.24, 2.45) is 5.73 Å². The Labute approximate surface area is 134 Å². The second kappa shape index (κ2) is 5.11. The fraction of sp³-hybridized carbons (Fsp3) is 0.222. The number of rotatable bonds is 1. The molecule has 114 valence electrons. The summed E-state index contributed by atoms with van der Waals surface area (Å²) in [7, 11) is 0. The summed E-state index contributed by atoms with van der Waals surface area (Å²) in [6.07, 6.45) is 0.621. The number of amides is 1. The molecule has 5 heteroatoms. The molecule has 23 heavy (non-hydrogen) atoms. The van der Waals surface area contributed by atoms with Crippen LogP contribution in [-0.2, 0) is 0 Å². The van der Waals surface area contributed by atoms with Gasteiger partial charge in [0.2, 0.25) is 0 Å². The maximum absolute atomic E-state index is 12.5. The quantitative estimate of drug-likeness (QED) is 0.846. The van der Waals surface area contributed by atoms with Crippen LogP contribution in [0.2, 0.25) is 0 Å². The van der Waals surface area contributed by atoms with E-state index in [1.165, 1.54) is 0 Å². The predicted molar refractivity (Wildman–Crippen MR) is 86.7 cm³/mol. The van der Waals surface area contributed by atoms with Crippen LogP contribution in [0.25, 0.3) is 0 Å². The molecule has 2 aliphatic rings. The fourth-order valence-corrected chi connectivity index (χ4v) is 3.45. The minimum Gasteiger partial charge on any atom is -0.346 e. The van der Waals surface area contributed by atoms with E-state index in [2.05, 4.69) is 16.3 Å². The summed E-state index contributed by atoms with van der Waals surface area (Å²) in [6, 6.07) is 15.2. The van der Waals surface area contributed by atoms with Crippen LogP contribution in [-0.4, -0.2) is 12.5 Å². The van der Waals surface area contributed by atoms with E-state index in [4.69, 9.17) is 11.0 Å². The molecule has 0 spiro atoms. The number of anilines is 1. The number of benzene rings is 2. The monoisotopic (exact) mass is 304 g/mol. The van der Waals surface area contributed by atoms with Crippen LogP contribution < -0.4 is 16.0 Å². The first-order valence-corrected chi connectivity index (χ1v) is 7.65.